The lowest BCUT2D eigenvalue weighted by Gasteiger charge is -2.55. The maximum atomic E-state index is 13.5. The van der Waals surface area contributed by atoms with Crippen molar-refractivity contribution in [1.82, 2.24) is 5.32 Å². The van der Waals surface area contributed by atoms with E-state index in [2.05, 4.69) is 5.32 Å². The van der Waals surface area contributed by atoms with Crippen LogP contribution in [0.5, 0.6) is 0 Å². The van der Waals surface area contributed by atoms with Crippen molar-refractivity contribution in [3.63, 3.8) is 0 Å². The summed E-state index contributed by atoms with van der Waals surface area (Å²) in [6.07, 6.45) is 7.30. The lowest BCUT2D eigenvalue weighted by molar-refractivity contribution is -0.146. The fraction of sp³-hybridized carbons (Fsp3) is 0.619. The van der Waals surface area contributed by atoms with Gasteiger partial charge in [0.15, 0.2) is 0 Å². The largest absolute Gasteiger partial charge is 0.351 e. The van der Waals surface area contributed by atoms with Gasteiger partial charge in [-0.3, -0.25) is 9.59 Å². The van der Waals surface area contributed by atoms with Crippen molar-refractivity contribution in [3.05, 3.63) is 30.1 Å². The number of nitrogens with one attached hydrogen (secondary N) is 1. The minimum absolute atomic E-state index is 0.0496. The maximum absolute atomic E-state index is 13.5. The molecule has 4 nitrogen and oxygen atoms in total. The topological polar surface area (TPSA) is 49.4 Å². The van der Waals surface area contributed by atoms with Gasteiger partial charge in [0.2, 0.25) is 11.8 Å². The number of amides is 2. The van der Waals surface area contributed by atoms with Gasteiger partial charge >= 0.3 is 0 Å². The van der Waals surface area contributed by atoms with Crippen molar-refractivity contribution < 1.29 is 14.0 Å². The standard InChI is InChI=1S/C21H25FN2O2/c22-16-2-1-3-18(7-16)24-12-17(8-19(24)25)23-20(26)21-9-13-4-14(10-21)6-15(5-13)11-21/h1-3,7,13-15,17H,4-6,8-12H2,(H,23,26)/t13?,14?,15?,17-,21?/m1/s1. The van der Waals surface area contributed by atoms with Crippen LogP contribution in [0.2, 0.25) is 0 Å². The van der Waals surface area contributed by atoms with E-state index in [4.69, 9.17) is 0 Å². The summed E-state index contributed by atoms with van der Waals surface area (Å²) in [4.78, 5) is 27.1. The average molecular weight is 356 g/mol. The van der Waals surface area contributed by atoms with Crippen molar-refractivity contribution in [2.24, 2.45) is 23.2 Å². The van der Waals surface area contributed by atoms with Gasteiger partial charge in [0, 0.05) is 24.1 Å². The lowest BCUT2D eigenvalue weighted by atomic mass is 9.49. The summed E-state index contributed by atoms with van der Waals surface area (Å²) in [6.45, 7) is 0.431. The first-order valence-corrected chi connectivity index (χ1v) is 9.88. The fourth-order valence-electron chi connectivity index (χ4n) is 6.43. The molecule has 1 aliphatic heterocycles. The maximum Gasteiger partial charge on any atom is 0.229 e. The number of anilines is 1. The summed E-state index contributed by atoms with van der Waals surface area (Å²) in [5.41, 5.74) is 0.380. The molecule has 1 N–H and O–H groups in total. The highest BCUT2D eigenvalue weighted by atomic mass is 19.1. The Morgan fingerprint density at radius 2 is 1.77 bits per heavy atom. The van der Waals surface area contributed by atoms with Crippen molar-refractivity contribution in [3.8, 4) is 0 Å². The van der Waals surface area contributed by atoms with E-state index >= 15 is 0 Å². The molecular formula is C21H25FN2O2. The van der Waals surface area contributed by atoms with Gasteiger partial charge in [0.25, 0.3) is 0 Å². The number of benzene rings is 1. The summed E-state index contributed by atoms with van der Waals surface area (Å²) in [6, 6.07) is 5.92. The van der Waals surface area contributed by atoms with Gasteiger partial charge in [-0.25, -0.2) is 4.39 Å². The van der Waals surface area contributed by atoms with E-state index in [1.807, 2.05) is 0 Å². The second kappa shape index (κ2) is 5.80. The number of hydrogen-bond acceptors (Lipinski definition) is 2. The van der Waals surface area contributed by atoms with E-state index in [1.54, 1.807) is 17.0 Å². The zero-order valence-electron chi connectivity index (χ0n) is 14.9. The number of hydrogen-bond donors (Lipinski definition) is 1. The molecule has 0 unspecified atom stereocenters. The van der Waals surface area contributed by atoms with Gasteiger partial charge in [0.05, 0.1) is 6.04 Å². The Kier molecular flexibility index (Phi) is 3.63. The lowest BCUT2D eigenvalue weighted by Crippen LogP contribution is -2.55. The number of carbonyl (C=O) groups is 2. The number of halogens is 1. The second-order valence-electron chi connectivity index (χ2n) is 9.06. The summed E-state index contributed by atoms with van der Waals surface area (Å²) in [5.74, 6) is 1.93. The van der Waals surface area contributed by atoms with Crippen LogP contribution in [0.15, 0.2) is 24.3 Å². The molecule has 0 spiro atoms. The Labute approximate surface area is 153 Å². The molecule has 5 fully saturated rings. The third kappa shape index (κ3) is 2.63. The van der Waals surface area contributed by atoms with Gasteiger partial charge < -0.3 is 10.2 Å². The molecule has 1 aromatic carbocycles. The SMILES string of the molecule is O=C1C[C@@H](NC(=O)C23CC4CC(CC(C4)C2)C3)CN1c1cccc(F)c1. The molecule has 0 aromatic heterocycles. The summed E-state index contributed by atoms with van der Waals surface area (Å²) < 4.78 is 13.5. The highest BCUT2D eigenvalue weighted by Gasteiger charge is 2.55. The minimum atomic E-state index is -0.351. The quantitative estimate of drug-likeness (QED) is 0.904. The smallest absolute Gasteiger partial charge is 0.229 e. The van der Waals surface area contributed by atoms with E-state index in [9.17, 15) is 14.0 Å². The molecule has 1 heterocycles. The molecule has 5 aliphatic rings. The van der Waals surface area contributed by atoms with Crippen LogP contribution in [0.1, 0.15) is 44.9 Å². The molecule has 1 atom stereocenters. The zero-order valence-corrected chi connectivity index (χ0v) is 14.9. The molecular weight excluding hydrogens is 331 g/mol. The third-order valence-electron chi connectivity index (χ3n) is 7.10. The van der Waals surface area contributed by atoms with E-state index in [1.165, 1.54) is 31.4 Å². The Bertz CT molecular complexity index is 727. The molecule has 1 saturated heterocycles. The molecule has 26 heavy (non-hydrogen) atoms. The zero-order chi connectivity index (χ0) is 17.9. The van der Waals surface area contributed by atoms with Crippen molar-refractivity contribution >= 4 is 17.5 Å². The van der Waals surface area contributed by atoms with Crippen LogP contribution in [0.25, 0.3) is 0 Å². The minimum Gasteiger partial charge on any atom is -0.351 e. The van der Waals surface area contributed by atoms with Crippen LogP contribution in [-0.4, -0.2) is 24.4 Å². The molecule has 138 valence electrons. The molecule has 4 bridgehead atoms. The second-order valence-corrected chi connectivity index (χ2v) is 9.06. The molecule has 6 rings (SSSR count). The van der Waals surface area contributed by atoms with Crippen molar-refractivity contribution in [2.75, 3.05) is 11.4 Å². The fourth-order valence-corrected chi connectivity index (χ4v) is 6.43. The van der Waals surface area contributed by atoms with Gasteiger partial charge in [-0.1, -0.05) is 6.07 Å². The van der Waals surface area contributed by atoms with E-state index < -0.39 is 0 Å². The van der Waals surface area contributed by atoms with Crippen LogP contribution in [0.3, 0.4) is 0 Å². The van der Waals surface area contributed by atoms with Crippen molar-refractivity contribution in [1.29, 1.82) is 0 Å². The van der Waals surface area contributed by atoms with Gasteiger partial charge in [-0.2, -0.15) is 0 Å². The summed E-state index contributed by atoms with van der Waals surface area (Å²) in [5, 5.41) is 3.19. The van der Waals surface area contributed by atoms with E-state index in [-0.39, 0.29) is 29.1 Å². The highest BCUT2D eigenvalue weighted by Crippen LogP contribution is 2.60. The monoisotopic (exact) mass is 356 g/mol. The molecule has 4 saturated carbocycles. The van der Waals surface area contributed by atoms with E-state index in [0.29, 0.717) is 18.7 Å². The first-order valence-electron chi connectivity index (χ1n) is 9.88. The molecule has 4 aliphatic carbocycles. The van der Waals surface area contributed by atoms with Crippen molar-refractivity contribution in [2.45, 2.75) is 51.0 Å². The number of rotatable bonds is 3. The molecule has 1 aromatic rings. The van der Waals surface area contributed by atoms with Gasteiger partial charge in [-0.15, -0.1) is 0 Å². The Morgan fingerprint density at radius 3 is 2.38 bits per heavy atom. The van der Waals surface area contributed by atoms with Crippen LogP contribution in [0.4, 0.5) is 10.1 Å². The first-order chi connectivity index (χ1) is 12.5. The Balaban J connectivity index is 1.29. The van der Waals surface area contributed by atoms with Gasteiger partial charge in [-0.05, 0) is 74.5 Å². The Morgan fingerprint density at radius 1 is 1.12 bits per heavy atom. The number of nitrogens with zero attached hydrogens (tertiary/aromatic N) is 1. The number of carbonyl (C=O) groups excluding carboxylic acids is 2. The van der Waals surface area contributed by atoms with Crippen LogP contribution in [0, 0.1) is 29.0 Å². The molecule has 2 amide bonds. The van der Waals surface area contributed by atoms with E-state index in [0.717, 1.165) is 37.0 Å². The predicted molar refractivity (Wildman–Crippen MR) is 95.9 cm³/mol. The first kappa shape index (κ1) is 16.3. The average Bonchev–Trinajstić information content (AvgIpc) is 2.94. The third-order valence-corrected chi connectivity index (χ3v) is 7.10. The predicted octanol–water partition coefficient (Wildman–Crippen LogP) is 3.26. The summed E-state index contributed by atoms with van der Waals surface area (Å²) >= 11 is 0. The summed E-state index contributed by atoms with van der Waals surface area (Å²) in [7, 11) is 0. The normalized spacial score (nSPS) is 38.0. The van der Waals surface area contributed by atoms with Crippen LogP contribution < -0.4 is 10.2 Å². The molecule has 0 radical (unpaired) electrons. The van der Waals surface area contributed by atoms with Crippen LogP contribution >= 0.6 is 0 Å². The van der Waals surface area contributed by atoms with Crippen LogP contribution in [-0.2, 0) is 9.59 Å². The highest BCUT2D eigenvalue weighted by molar-refractivity contribution is 5.97. The molecule has 5 heteroatoms. The van der Waals surface area contributed by atoms with Gasteiger partial charge in [0.1, 0.15) is 5.82 Å². The Hall–Kier alpha value is -1.91.